The van der Waals surface area contributed by atoms with E-state index in [4.69, 9.17) is 4.74 Å². The number of methoxy groups -OCH3 is 1. The molecule has 0 fully saturated rings. The molecule has 0 aromatic heterocycles. The van der Waals surface area contributed by atoms with Gasteiger partial charge in [-0.3, -0.25) is 14.4 Å². The van der Waals surface area contributed by atoms with Gasteiger partial charge in [0, 0.05) is 25.6 Å². The van der Waals surface area contributed by atoms with Crippen LogP contribution in [-0.4, -0.2) is 44.0 Å². The summed E-state index contributed by atoms with van der Waals surface area (Å²) in [5.41, 5.74) is 0.451. The normalized spacial score (nSPS) is 11.5. The molecule has 0 spiro atoms. The molecule has 1 unspecified atom stereocenters. The molecule has 7 nitrogen and oxygen atoms in total. The van der Waals surface area contributed by atoms with Gasteiger partial charge in [0.05, 0.1) is 7.11 Å². The number of ether oxygens (including phenoxy) is 1. The van der Waals surface area contributed by atoms with E-state index in [-0.39, 0.29) is 23.6 Å². The van der Waals surface area contributed by atoms with Gasteiger partial charge >= 0.3 is 0 Å². The summed E-state index contributed by atoms with van der Waals surface area (Å²) in [6.07, 6.45) is 0. The Morgan fingerprint density at radius 1 is 1.04 bits per heavy atom. The summed E-state index contributed by atoms with van der Waals surface area (Å²) in [6.45, 7) is 5.77. The molecule has 0 saturated carbocycles. The Morgan fingerprint density at radius 3 is 2.12 bits per heavy atom. The lowest BCUT2D eigenvalue weighted by atomic mass is 10.0. The van der Waals surface area contributed by atoms with Crippen molar-refractivity contribution in [2.24, 2.45) is 5.92 Å². The highest BCUT2D eigenvalue weighted by Gasteiger charge is 2.24. The smallest absolute Gasteiger partial charge is 0.251 e. The minimum absolute atomic E-state index is 0.0760. The molecule has 0 saturated heterocycles. The van der Waals surface area contributed by atoms with Crippen LogP contribution in [0.3, 0.4) is 0 Å². The van der Waals surface area contributed by atoms with Crippen molar-refractivity contribution < 1.29 is 19.1 Å². The first-order chi connectivity index (χ1) is 11.3. The fourth-order valence-electron chi connectivity index (χ4n) is 2.04. The van der Waals surface area contributed by atoms with Crippen LogP contribution in [0.15, 0.2) is 24.3 Å². The molecule has 24 heavy (non-hydrogen) atoms. The maximum Gasteiger partial charge on any atom is 0.251 e. The lowest BCUT2D eigenvalue weighted by Crippen LogP contribution is -2.50. The van der Waals surface area contributed by atoms with Crippen LogP contribution in [0.25, 0.3) is 0 Å². The SMILES string of the molecule is COc1ccc(C(=O)NC(C(=O)NCCNC(C)=O)C(C)C)cc1. The third-order valence-electron chi connectivity index (χ3n) is 3.39. The van der Waals surface area contributed by atoms with Crippen LogP contribution < -0.4 is 20.7 Å². The second-order valence-corrected chi connectivity index (χ2v) is 5.70. The summed E-state index contributed by atoms with van der Waals surface area (Å²) in [7, 11) is 1.55. The van der Waals surface area contributed by atoms with Gasteiger partial charge < -0.3 is 20.7 Å². The van der Waals surface area contributed by atoms with Crippen molar-refractivity contribution >= 4 is 17.7 Å². The van der Waals surface area contributed by atoms with Gasteiger partial charge in [-0.1, -0.05) is 13.8 Å². The maximum atomic E-state index is 12.3. The zero-order valence-electron chi connectivity index (χ0n) is 14.5. The van der Waals surface area contributed by atoms with Crippen molar-refractivity contribution in [3.05, 3.63) is 29.8 Å². The lowest BCUT2D eigenvalue weighted by Gasteiger charge is -2.22. The molecular formula is C17H25N3O4. The number of carbonyl (C=O) groups excluding carboxylic acids is 3. The number of rotatable bonds is 8. The van der Waals surface area contributed by atoms with Crippen LogP contribution in [-0.2, 0) is 9.59 Å². The van der Waals surface area contributed by atoms with E-state index in [2.05, 4.69) is 16.0 Å². The van der Waals surface area contributed by atoms with Crippen molar-refractivity contribution in [3.63, 3.8) is 0 Å². The molecule has 0 aliphatic carbocycles. The standard InChI is InChI=1S/C17H25N3O4/c1-11(2)15(17(23)19-10-9-18-12(3)21)20-16(22)13-5-7-14(24-4)8-6-13/h5-8,11,15H,9-10H2,1-4H3,(H,18,21)(H,19,23)(H,20,22). The van der Waals surface area contributed by atoms with Gasteiger partial charge in [0.2, 0.25) is 11.8 Å². The average Bonchev–Trinajstić information content (AvgIpc) is 2.55. The molecule has 7 heteroatoms. The summed E-state index contributed by atoms with van der Waals surface area (Å²) < 4.78 is 5.05. The molecular weight excluding hydrogens is 310 g/mol. The molecule has 1 aromatic rings. The maximum absolute atomic E-state index is 12.3. The number of hydrogen-bond donors (Lipinski definition) is 3. The molecule has 3 amide bonds. The molecule has 132 valence electrons. The highest BCUT2D eigenvalue weighted by molar-refractivity contribution is 5.97. The third kappa shape index (κ3) is 6.28. The van der Waals surface area contributed by atoms with E-state index in [1.807, 2.05) is 13.8 Å². The molecule has 0 aliphatic rings. The average molecular weight is 335 g/mol. The van der Waals surface area contributed by atoms with E-state index in [0.29, 0.717) is 24.4 Å². The van der Waals surface area contributed by atoms with Crippen LogP contribution in [0.2, 0.25) is 0 Å². The molecule has 0 heterocycles. The lowest BCUT2D eigenvalue weighted by molar-refractivity contribution is -0.124. The van der Waals surface area contributed by atoms with E-state index in [0.717, 1.165) is 0 Å². The van der Waals surface area contributed by atoms with E-state index in [1.54, 1.807) is 31.4 Å². The fourth-order valence-corrected chi connectivity index (χ4v) is 2.04. The Bertz CT molecular complexity index is 570. The quantitative estimate of drug-likeness (QED) is 0.609. The van der Waals surface area contributed by atoms with Crippen molar-refractivity contribution in [3.8, 4) is 5.75 Å². The van der Waals surface area contributed by atoms with Crippen LogP contribution >= 0.6 is 0 Å². The molecule has 0 aliphatic heterocycles. The van der Waals surface area contributed by atoms with Crippen LogP contribution in [0.4, 0.5) is 0 Å². The molecule has 0 bridgehead atoms. The minimum Gasteiger partial charge on any atom is -0.497 e. The number of carbonyl (C=O) groups is 3. The van der Waals surface area contributed by atoms with Gasteiger partial charge in [-0.2, -0.15) is 0 Å². The summed E-state index contributed by atoms with van der Waals surface area (Å²) >= 11 is 0. The summed E-state index contributed by atoms with van der Waals surface area (Å²) in [6, 6.07) is 6.00. The fraction of sp³-hybridized carbons (Fsp3) is 0.471. The van der Waals surface area contributed by atoms with Crippen molar-refractivity contribution in [2.45, 2.75) is 26.8 Å². The van der Waals surface area contributed by atoms with Gasteiger partial charge in [0.15, 0.2) is 0 Å². The van der Waals surface area contributed by atoms with Gasteiger partial charge in [-0.25, -0.2) is 0 Å². The second kappa shape index (κ2) is 9.54. The van der Waals surface area contributed by atoms with Gasteiger partial charge in [-0.05, 0) is 30.2 Å². The first-order valence-electron chi connectivity index (χ1n) is 7.82. The second-order valence-electron chi connectivity index (χ2n) is 5.70. The molecule has 0 radical (unpaired) electrons. The first-order valence-corrected chi connectivity index (χ1v) is 7.82. The van der Waals surface area contributed by atoms with E-state index < -0.39 is 6.04 Å². The van der Waals surface area contributed by atoms with Gasteiger partial charge in [0.1, 0.15) is 11.8 Å². The Hall–Kier alpha value is -2.57. The Kier molecular flexibility index (Phi) is 7.74. The topological polar surface area (TPSA) is 96.5 Å². The zero-order chi connectivity index (χ0) is 18.1. The van der Waals surface area contributed by atoms with Gasteiger partial charge in [0.25, 0.3) is 5.91 Å². The minimum atomic E-state index is -0.656. The Balaban J connectivity index is 2.62. The van der Waals surface area contributed by atoms with E-state index >= 15 is 0 Å². The van der Waals surface area contributed by atoms with Crippen LogP contribution in [0.5, 0.6) is 5.75 Å². The highest BCUT2D eigenvalue weighted by atomic mass is 16.5. The van der Waals surface area contributed by atoms with Gasteiger partial charge in [-0.15, -0.1) is 0 Å². The summed E-state index contributed by atoms with van der Waals surface area (Å²) in [5, 5.41) is 8.04. The first kappa shape index (κ1) is 19.5. The highest BCUT2D eigenvalue weighted by Crippen LogP contribution is 2.12. The largest absolute Gasteiger partial charge is 0.497 e. The van der Waals surface area contributed by atoms with E-state index in [9.17, 15) is 14.4 Å². The Morgan fingerprint density at radius 2 is 1.62 bits per heavy atom. The molecule has 1 atom stereocenters. The predicted molar refractivity (Wildman–Crippen MR) is 90.8 cm³/mol. The molecule has 3 N–H and O–H groups in total. The predicted octanol–water partition coefficient (Wildman–Crippen LogP) is 0.702. The van der Waals surface area contributed by atoms with Crippen molar-refractivity contribution in [1.29, 1.82) is 0 Å². The number of hydrogen-bond acceptors (Lipinski definition) is 4. The zero-order valence-corrected chi connectivity index (χ0v) is 14.5. The van der Waals surface area contributed by atoms with Crippen LogP contribution in [0.1, 0.15) is 31.1 Å². The molecule has 1 rings (SSSR count). The molecule has 1 aromatic carbocycles. The summed E-state index contributed by atoms with van der Waals surface area (Å²) in [4.78, 5) is 35.3. The van der Waals surface area contributed by atoms with E-state index in [1.165, 1.54) is 6.92 Å². The van der Waals surface area contributed by atoms with Crippen molar-refractivity contribution in [1.82, 2.24) is 16.0 Å². The van der Waals surface area contributed by atoms with Crippen LogP contribution in [0, 0.1) is 5.92 Å². The number of amides is 3. The Labute approximate surface area is 142 Å². The summed E-state index contributed by atoms with van der Waals surface area (Å²) in [5.74, 6) is -0.182. The van der Waals surface area contributed by atoms with Crippen molar-refractivity contribution in [2.75, 3.05) is 20.2 Å². The number of nitrogens with one attached hydrogen (secondary N) is 3. The number of benzene rings is 1. The third-order valence-corrected chi connectivity index (χ3v) is 3.39. The monoisotopic (exact) mass is 335 g/mol.